The molecule has 1 atom stereocenters. The van der Waals surface area contributed by atoms with E-state index >= 15 is 0 Å². The first kappa shape index (κ1) is 25.4. The van der Waals surface area contributed by atoms with Crippen LogP contribution in [-0.4, -0.2) is 43.8 Å². The predicted octanol–water partition coefficient (Wildman–Crippen LogP) is 2.19. The molecule has 0 radical (unpaired) electrons. The molecule has 0 heterocycles. The number of carbonyl (C=O) groups excluding carboxylic acids is 3. The maximum Gasteiger partial charge on any atom is 0.316 e. The van der Waals surface area contributed by atoms with E-state index in [1.807, 2.05) is 32.0 Å². The van der Waals surface area contributed by atoms with Crippen molar-refractivity contribution in [3.05, 3.63) is 53.6 Å². The maximum atomic E-state index is 12.2. The molecule has 0 saturated carbocycles. The van der Waals surface area contributed by atoms with Gasteiger partial charge in [0.25, 0.3) is 5.91 Å². The Morgan fingerprint density at radius 3 is 2.28 bits per heavy atom. The van der Waals surface area contributed by atoms with Crippen molar-refractivity contribution in [1.29, 1.82) is 0 Å². The van der Waals surface area contributed by atoms with Gasteiger partial charge in [-0.3, -0.25) is 14.4 Å². The summed E-state index contributed by atoms with van der Waals surface area (Å²) in [7, 11) is -3.83. The molecular weight excluding hydrogens is 454 g/mol. The molecule has 0 bridgehead atoms. The number of anilines is 2. The number of primary sulfonamides is 1. The third kappa shape index (κ3) is 7.98. The molecule has 32 heavy (non-hydrogen) atoms. The van der Waals surface area contributed by atoms with Crippen molar-refractivity contribution in [2.45, 2.75) is 31.8 Å². The summed E-state index contributed by atoms with van der Waals surface area (Å²) < 4.78 is 27.6. The topological polar surface area (TPSA) is 145 Å². The Morgan fingerprint density at radius 2 is 1.69 bits per heavy atom. The van der Waals surface area contributed by atoms with Gasteiger partial charge in [0.15, 0.2) is 6.10 Å². The number of benzene rings is 2. The van der Waals surface area contributed by atoms with Gasteiger partial charge in [0.2, 0.25) is 15.9 Å². The monoisotopic (exact) mass is 479 g/mol. The SMILES string of the molecule is Cc1ccc(NC(=O)CSCC(=O)O[C@H](C)C(=O)Nc2ccc(S(N)(=O)=O)cc2)c(C)c1. The van der Waals surface area contributed by atoms with Crippen LogP contribution in [0, 0.1) is 13.8 Å². The van der Waals surface area contributed by atoms with E-state index in [-0.39, 0.29) is 22.3 Å². The number of hydrogen-bond donors (Lipinski definition) is 3. The Bertz CT molecular complexity index is 1100. The largest absolute Gasteiger partial charge is 0.452 e. The first-order valence-corrected chi connectivity index (χ1v) is 12.2. The summed E-state index contributed by atoms with van der Waals surface area (Å²) in [6.07, 6.45) is -1.08. The lowest BCUT2D eigenvalue weighted by Crippen LogP contribution is -2.30. The average Bonchev–Trinajstić information content (AvgIpc) is 2.69. The second kappa shape index (κ2) is 11.1. The van der Waals surface area contributed by atoms with E-state index in [1.54, 1.807) is 0 Å². The summed E-state index contributed by atoms with van der Waals surface area (Å²) in [6.45, 7) is 5.27. The highest BCUT2D eigenvalue weighted by molar-refractivity contribution is 8.00. The van der Waals surface area contributed by atoms with E-state index in [1.165, 1.54) is 31.2 Å². The fourth-order valence-electron chi connectivity index (χ4n) is 2.62. The zero-order chi connectivity index (χ0) is 23.9. The van der Waals surface area contributed by atoms with Gasteiger partial charge in [-0.1, -0.05) is 17.7 Å². The van der Waals surface area contributed by atoms with Crippen molar-refractivity contribution in [1.82, 2.24) is 0 Å². The summed E-state index contributed by atoms with van der Waals surface area (Å²) >= 11 is 1.07. The molecule has 9 nitrogen and oxygen atoms in total. The van der Waals surface area contributed by atoms with Crippen molar-refractivity contribution in [2.24, 2.45) is 5.14 Å². The van der Waals surface area contributed by atoms with Crippen LogP contribution in [0.5, 0.6) is 0 Å². The summed E-state index contributed by atoms with van der Waals surface area (Å²) in [5.41, 5.74) is 3.08. The van der Waals surface area contributed by atoms with Gasteiger partial charge in [-0.05, 0) is 56.7 Å². The summed E-state index contributed by atoms with van der Waals surface area (Å²) in [4.78, 5) is 36.1. The van der Waals surface area contributed by atoms with E-state index in [4.69, 9.17) is 9.88 Å². The maximum absolute atomic E-state index is 12.2. The number of thioether (sulfide) groups is 1. The van der Waals surface area contributed by atoms with E-state index < -0.39 is 28.0 Å². The molecule has 0 fully saturated rings. The molecule has 0 spiro atoms. The zero-order valence-corrected chi connectivity index (χ0v) is 19.5. The molecule has 2 aromatic carbocycles. The van der Waals surface area contributed by atoms with Crippen LogP contribution >= 0.6 is 11.8 Å². The summed E-state index contributed by atoms with van der Waals surface area (Å²) in [6, 6.07) is 10.9. The van der Waals surface area contributed by atoms with Crippen molar-refractivity contribution in [3.8, 4) is 0 Å². The molecule has 2 rings (SSSR count). The molecule has 0 aromatic heterocycles. The molecule has 0 aliphatic rings. The smallest absolute Gasteiger partial charge is 0.316 e. The van der Waals surface area contributed by atoms with Gasteiger partial charge in [0.1, 0.15) is 0 Å². The molecular formula is C21H25N3O6S2. The number of sulfonamides is 1. The quantitative estimate of drug-likeness (QED) is 0.468. The van der Waals surface area contributed by atoms with Crippen LogP contribution in [0.15, 0.2) is 47.4 Å². The van der Waals surface area contributed by atoms with Crippen LogP contribution in [0.1, 0.15) is 18.1 Å². The van der Waals surface area contributed by atoms with Gasteiger partial charge in [-0.15, -0.1) is 11.8 Å². The summed E-state index contributed by atoms with van der Waals surface area (Å²) in [5.74, 6) is -1.51. The van der Waals surface area contributed by atoms with Gasteiger partial charge in [-0.25, -0.2) is 13.6 Å². The second-order valence-electron chi connectivity index (χ2n) is 7.05. The Kier molecular flexibility index (Phi) is 8.81. The van der Waals surface area contributed by atoms with E-state index in [9.17, 15) is 22.8 Å². The number of rotatable bonds is 9. The molecule has 172 valence electrons. The van der Waals surface area contributed by atoms with E-state index in [0.29, 0.717) is 11.4 Å². The lowest BCUT2D eigenvalue weighted by molar-refractivity contribution is -0.150. The Morgan fingerprint density at radius 1 is 1.03 bits per heavy atom. The fourth-order valence-corrected chi connectivity index (χ4v) is 3.73. The zero-order valence-electron chi connectivity index (χ0n) is 17.9. The molecule has 0 aliphatic heterocycles. The number of aryl methyl sites for hydroxylation is 2. The standard InChI is InChI=1S/C21H25N3O6S2/c1-13-4-9-18(14(2)10-13)24-19(25)11-31-12-20(26)30-15(3)21(27)23-16-5-7-17(8-6-16)32(22,28)29/h4-10,15H,11-12H2,1-3H3,(H,23,27)(H,24,25)(H2,22,28,29)/t15-/m1/s1. The van der Waals surface area contributed by atoms with Gasteiger partial charge in [-0.2, -0.15) is 0 Å². The predicted molar refractivity (Wildman–Crippen MR) is 124 cm³/mol. The number of carbonyl (C=O) groups is 3. The lowest BCUT2D eigenvalue weighted by atomic mass is 10.1. The van der Waals surface area contributed by atoms with E-state index in [0.717, 1.165) is 22.9 Å². The lowest BCUT2D eigenvalue weighted by Gasteiger charge is -2.14. The summed E-state index contributed by atoms with van der Waals surface area (Å²) in [5, 5.41) is 10.3. The van der Waals surface area contributed by atoms with Gasteiger partial charge in [0, 0.05) is 11.4 Å². The number of esters is 1. The number of nitrogens with one attached hydrogen (secondary N) is 2. The van der Waals surface area contributed by atoms with E-state index in [2.05, 4.69) is 10.6 Å². The van der Waals surface area contributed by atoms with Gasteiger partial charge in [0.05, 0.1) is 16.4 Å². The Hall–Kier alpha value is -2.89. The second-order valence-corrected chi connectivity index (χ2v) is 9.60. The van der Waals surface area contributed by atoms with Crippen LogP contribution in [0.4, 0.5) is 11.4 Å². The van der Waals surface area contributed by atoms with Crippen LogP contribution < -0.4 is 15.8 Å². The molecule has 2 aromatic rings. The minimum Gasteiger partial charge on any atom is -0.452 e. The van der Waals surface area contributed by atoms with Crippen LogP contribution in [0.2, 0.25) is 0 Å². The third-order valence-corrected chi connectivity index (χ3v) is 6.07. The van der Waals surface area contributed by atoms with Gasteiger partial charge < -0.3 is 15.4 Å². The number of nitrogens with two attached hydrogens (primary N) is 1. The van der Waals surface area contributed by atoms with Crippen LogP contribution in [0.3, 0.4) is 0 Å². The minimum atomic E-state index is -3.83. The highest BCUT2D eigenvalue weighted by Gasteiger charge is 2.19. The molecule has 11 heteroatoms. The molecule has 0 unspecified atom stereocenters. The van der Waals surface area contributed by atoms with Crippen molar-refractivity contribution >= 4 is 50.9 Å². The Labute approximate surface area is 191 Å². The minimum absolute atomic E-state index is 0.0550. The van der Waals surface area contributed by atoms with Crippen molar-refractivity contribution < 1.29 is 27.5 Å². The third-order valence-electron chi connectivity index (χ3n) is 4.24. The first-order valence-electron chi connectivity index (χ1n) is 9.54. The van der Waals surface area contributed by atoms with Gasteiger partial charge >= 0.3 is 5.97 Å². The molecule has 0 saturated heterocycles. The van der Waals surface area contributed by atoms with Crippen molar-refractivity contribution in [3.63, 3.8) is 0 Å². The number of ether oxygens (including phenoxy) is 1. The number of hydrogen-bond acceptors (Lipinski definition) is 7. The molecule has 0 aliphatic carbocycles. The number of amides is 2. The molecule has 4 N–H and O–H groups in total. The van der Waals surface area contributed by atoms with Crippen LogP contribution in [0.25, 0.3) is 0 Å². The average molecular weight is 480 g/mol. The van der Waals surface area contributed by atoms with Crippen molar-refractivity contribution in [2.75, 3.05) is 22.1 Å². The highest BCUT2D eigenvalue weighted by atomic mass is 32.2. The highest BCUT2D eigenvalue weighted by Crippen LogP contribution is 2.17. The normalized spacial score (nSPS) is 12.0. The van der Waals surface area contributed by atoms with Crippen LogP contribution in [-0.2, 0) is 29.1 Å². The Balaban J connectivity index is 1.74. The first-order chi connectivity index (χ1) is 15.0. The fraction of sp³-hybridized carbons (Fsp3) is 0.286. The molecule has 2 amide bonds.